The average molecular weight is 454 g/mol. The number of nitrogens with one attached hydrogen (secondary N) is 1. The van der Waals surface area contributed by atoms with E-state index in [9.17, 15) is 9.18 Å². The van der Waals surface area contributed by atoms with Crippen LogP contribution in [0.1, 0.15) is 29.0 Å². The van der Waals surface area contributed by atoms with E-state index in [0.29, 0.717) is 18.5 Å². The van der Waals surface area contributed by atoms with E-state index in [1.807, 2.05) is 24.3 Å². The quantitative estimate of drug-likeness (QED) is 0.281. The molecule has 0 heterocycles. The van der Waals surface area contributed by atoms with Crippen molar-refractivity contribution >= 4 is 29.3 Å². The van der Waals surface area contributed by atoms with Gasteiger partial charge in [-0.1, -0.05) is 83.6 Å². The predicted octanol–water partition coefficient (Wildman–Crippen LogP) is 6.41. The summed E-state index contributed by atoms with van der Waals surface area (Å²) in [4.78, 5) is 12.1. The molecule has 1 N–H and O–H groups in total. The first-order valence-corrected chi connectivity index (χ1v) is 10.5. The maximum absolute atomic E-state index is 13.6. The van der Waals surface area contributed by atoms with Gasteiger partial charge in [-0.3, -0.25) is 0 Å². The van der Waals surface area contributed by atoms with Crippen LogP contribution in [-0.2, 0) is 4.74 Å². The fourth-order valence-corrected chi connectivity index (χ4v) is 3.99. The Bertz CT molecular complexity index is 1130. The molecule has 1 amide bonds. The summed E-state index contributed by atoms with van der Waals surface area (Å²) in [6, 6.07) is 19.1. The number of hydrogen-bond acceptors (Lipinski definition) is 2. The maximum atomic E-state index is 13.6. The molecule has 0 unspecified atom stereocenters. The standard InChI is InChI=1S/C25H18Cl2FNO2/c26-22-13-16(14-23(28)24(22)27)7-5-6-12-29-25(30)31-15-21-19-10-3-1-8-17(19)18-9-2-4-11-20(18)21/h1-4,8-11,13-14,21H,6,12,15H2,(H,29,30). The minimum Gasteiger partial charge on any atom is -0.449 e. The van der Waals surface area contributed by atoms with E-state index >= 15 is 0 Å². The number of carbonyl (C=O) groups is 1. The van der Waals surface area contributed by atoms with E-state index < -0.39 is 11.9 Å². The number of hydrogen-bond donors (Lipinski definition) is 1. The van der Waals surface area contributed by atoms with Gasteiger partial charge in [0.15, 0.2) is 0 Å². The Kier molecular flexibility index (Phi) is 6.46. The maximum Gasteiger partial charge on any atom is 0.407 e. The van der Waals surface area contributed by atoms with Crippen molar-refractivity contribution in [2.75, 3.05) is 13.2 Å². The van der Waals surface area contributed by atoms with Crippen LogP contribution < -0.4 is 5.32 Å². The van der Waals surface area contributed by atoms with E-state index in [1.54, 1.807) is 0 Å². The van der Waals surface area contributed by atoms with Crippen LogP contribution in [0, 0.1) is 17.7 Å². The van der Waals surface area contributed by atoms with E-state index in [0.717, 1.165) is 11.1 Å². The first-order valence-electron chi connectivity index (χ1n) is 9.77. The fraction of sp³-hybridized carbons (Fsp3) is 0.160. The van der Waals surface area contributed by atoms with Crippen LogP contribution >= 0.6 is 23.2 Å². The lowest BCUT2D eigenvalue weighted by Gasteiger charge is -2.14. The molecule has 0 saturated carbocycles. The van der Waals surface area contributed by atoms with E-state index in [4.69, 9.17) is 27.9 Å². The van der Waals surface area contributed by atoms with Crippen LogP contribution in [0.25, 0.3) is 11.1 Å². The minimum atomic E-state index is -0.616. The molecule has 0 saturated heterocycles. The molecule has 31 heavy (non-hydrogen) atoms. The van der Waals surface area contributed by atoms with Crippen molar-refractivity contribution < 1.29 is 13.9 Å². The lowest BCUT2D eigenvalue weighted by Crippen LogP contribution is -2.26. The summed E-state index contributed by atoms with van der Waals surface area (Å²) in [5, 5.41) is 2.68. The van der Waals surface area contributed by atoms with Gasteiger partial charge < -0.3 is 10.1 Å². The molecule has 3 aromatic carbocycles. The molecular formula is C25H18Cl2FNO2. The van der Waals surface area contributed by atoms with Crippen LogP contribution in [0.5, 0.6) is 0 Å². The van der Waals surface area contributed by atoms with Crippen molar-refractivity contribution in [2.45, 2.75) is 12.3 Å². The summed E-state index contributed by atoms with van der Waals surface area (Å²) < 4.78 is 19.0. The molecule has 3 aromatic rings. The third-order valence-corrected chi connectivity index (χ3v) is 5.86. The number of ether oxygens (including phenoxy) is 1. The molecule has 0 bridgehead atoms. The van der Waals surface area contributed by atoms with Crippen molar-refractivity contribution in [3.63, 3.8) is 0 Å². The molecule has 0 aliphatic heterocycles. The number of rotatable bonds is 4. The van der Waals surface area contributed by atoms with Crippen molar-refractivity contribution in [1.82, 2.24) is 5.32 Å². The minimum absolute atomic E-state index is 0.0162. The van der Waals surface area contributed by atoms with Gasteiger partial charge in [0.25, 0.3) is 0 Å². The summed E-state index contributed by atoms with van der Waals surface area (Å²) in [5.41, 5.74) is 5.11. The topological polar surface area (TPSA) is 38.3 Å². The Morgan fingerprint density at radius 3 is 2.32 bits per heavy atom. The van der Waals surface area contributed by atoms with Gasteiger partial charge in [-0.2, -0.15) is 0 Å². The predicted molar refractivity (Wildman–Crippen MR) is 121 cm³/mol. The molecule has 4 rings (SSSR count). The largest absolute Gasteiger partial charge is 0.449 e. The lowest BCUT2D eigenvalue weighted by molar-refractivity contribution is 0.143. The Morgan fingerprint density at radius 1 is 1.03 bits per heavy atom. The number of halogens is 3. The highest BCUT2D eigenvalue weighted by molar-refractivity contribution is 6.42. The average Bonchev–Trinajstić information content (AvgIpc) is 3.09. The van der Waals surface area contributed by atoms with Crippen molar-refractivity contribution in [2.24, 2.45) is 0 Å². The lowest BCUT2D eigenvalue weighted by atomic mass is 9.98. The zero-order chi connectivity index (χ0) is 21.8. The van der Waals surface area contributed by atoms with Crippen molar-refractivity contribution in [1.29, 1.82) is 0 Å². The third-order valence-electron chi connectivity index (χ3n) is 5.08. The van der Waals surface area contributed by atoms with Crippen LogP contribution in [0.2, 0.25) is 10.0 Å². The smallest absolute Gasteiger partial charge is 0.407 e. The first kappa shape index (κ1) is 21.2. The highest BCUT2D eigenvalue weighted by Crippen LogP contribution is 2.44. The molecule has 6 heteroatoms. The molecular weight excluding hydrogens is 436 g/mol. The summed E-state index contributed by atoms with van der Waals surface area (Å²) in [5.74, 6) is 5.07. The molecule has 0 fully saturated rings. The van der Waals surface area contributed by atoms with Crippen LogP contribution in [0.3, 0.4) is 0 Å². The van der Waals surface area contributed by atoms with Gasteiger partial charge >= 0.3 is 6.09 Å². The first-order chi connectivity index (χ1) is 15.0. The van der Waals surface area contributed by atoms with Gasteiger partial charge in [-0.25, -0.2) is 9.18 Å². The molecule has 0 aromatic heterocycles. The van der Waals surface area contributed by atoms with Crippen molar-refractivity contribution in [3.8, 4) is 23.0 Å². The van der Waals surface area contributed by atoms with Crippen molar-refractivity contribution in [3.05, 3.63) is 93.2 Å². The Hall–Kier alpha value is -3.00. The van der Waals surface area contributed by atoms with E-state index in [2.05, 4.69) is 41.4 Å². The zero-order valence-corrected chi connectivity index (χ0v) is 17.9. The van der Waals surface area contributed by atoms with Gasteiger partial charge in [0.2, 0.25) is 0 Å². The molecule has 0 spiro atoms. The highest BCUT2D eigenvalue weighted by Gasteiger charge is 2.28. The SMILES string of the molecule is O=C(NCCC#Cc1cc(F)c(Cl)c(Cl)c1)OCC1c2ccccc2-c2ccccc21. The van der Waals surface area contributed by atoms with Crippen LogP contribution in [0.4, 0.5) is 9.18 Å². The second-order valence-corrected chi connectivity index (χ2v) is 7.84. The Morgan fingerprint density at radius 2 is 1.68 bits per heavy atom. The number of fused-ring (bicyclic) bond motifs is 3. The highest BCUT2D eigenvalue weighted by atomic mass is 35.5. The molecule has 1 aliphatic rings. The second kappa shape index (κ2) is 9.43. The molecule has 3 nitrogen and oxygen atoms in total. The van der Waals surface area contributed by atoms with Crippen LogP contribution in [-0.4, -0.2) is 19.2 Å². The van der Waals surface area contributed by atoms with Gasteiger partial charge in [0.1, 0.15) is 12.4 Å². The monoisotopic (exact) mass is 453 g/mol. The Labute approximate surface area is 190 Å². The molecule has 156 valence electrons. The number of benzene rings is 3. The number of alkyl carbamates (subject to hydrolysis) is 1. The fourth-order valence-electron chi connectivity index (χ4n) is 3.67. The zero-order valence-electron chi connectivity index (χ0n) is 16.4. The van der Waals surface area contributed by atoms with Gasteiger partial charge in [0, 0.05) is 24.4 Å². The number of carbonyl (C=O) groups excluding carboxylic acids is 1. The second-order valence-electron chi connectivity index (χ2n) is 7.06. The molecule has 0 atom stereocenters. The summed E-state index contributed by atoms with van der Waals surface area (Å²) >= 11 is 11.5. The molecule has 1 aliphatic carbocycles. The Balaban J connectivity index is 1.29. The van der Waals surface area contributed by atoms with Gasteiger partial charge in [0.05, 0.1) is 10.0 Å². The van der Waals surface area contributed by atoms with E-state index in [-0.39, 0.29) is 22.6 Å². The van der Waals surface area contributed by atoms with Crippen LogP contribution in [0.15, 0.2) is 60.7 Å². The third kappa shape index (κ3) is 4.69. The summed E-state index contributed by atoms with van der Waals surface area (Å²) in [6.07, 6.45) is -0.115. The van der Waals surface area contributed by atoms with Gasteiger partial charge in [-0.15, -0.1) is 0 Å². The number of amides is 1. The summed E-state index contributed by atoms with van der Waals surface area (Å²) in [6.45, 7) is 0.571. The van der Waals surface area contributed by atoms with Gasteiger partial charge in [-0.05, 0) is 34.4 Å². The van der Waals surface area contributed by atoms with E-state index in [1.165, 1.54) is 23.3 Å². The normalized spacial score (nSPS) is 11.8. The molecule has 0 radical (unpaired) electrons. The summed E-state index contributed by atoms with van der Waals surface area (Å²) in [7, 11) is 0.